The maximum Gasteiger partial charge on any atom is 0.102 e. The molecule has 1 heterocycles. The lowest BCUT2D eigenvalue weighted by Crippen LogP contribution is -2.01. The van der Waals surface area contributed by atoms with Gasteiger partial charge in [-0.05, 0) is 23.8 Å². The van der Waals surface area contributed by atoms with Crippen LogP contribution in [-0.4, -0.2) is 4.98 Å². The standard InChI is InChI=1S/C19H12N4/c20-11-16-14(13-6-2-1-3-7-13)10-15(17(12-21)19(16)22)18-8-4-5-9-23-18/h1-10H,22H2. The van der Waals surface area contributed by atoms with Crippen LogP contribution in [0.15, 0.2) is 60.8 Å². The van der Waals surface area contributed by atoms with Crippen molar-refractivity contribution < 1.29 is 0 Å². The molecular formula is C19H12N4. The largest absolute Gasteiger partial charge is 0.397 e. The highest BCUT2D eigenvalue weighted by Crippen LogP contribution is 2.36. The summed E-state index contributed by atoms with van der Waals surface area (Å²) in [7, 11) is 0. The van der Waals surface area contributed by atoms with E-state index in [1.807, 2.05) is 48.5 Å². The Morgan fingerprint density at radius 2 is 1.48 bits per heavy atom. The highest BCUT2D eigenvalue weighted by molar-refractivity contribution is 5.88. The number of hydrogen-bond acceptors (Lipinski definition) is 4. The summed E-state index contributed by atoms with van der Waals surface area (Å²) in [6, 6.07) is 21.0. The van der Waals surface area contributed by atoms with Crippen molar-refractivity contribution in [1.29, 1.82) is 10.5 Å². The predicted molar refractivity (Wildman–Crippen MR) is 89.0 cm³/mol. The maximum atomic E-state index is 9.49. The normalized spacial score (nSPS) is 9.83. The van der Waals surface area contributed by atoms with Crippen LogP contribution in [0.25, 0.3) is 22.4 Å². The minimum Gasteiger partial charge on any atom is -0.397 e. The second-order valence-electron chi connectivity index (χ2n) is 4.94. The van der Waals surface area contributed by atoms with E-state index in [1.165, 1.54) is 0 Å². The molecule has 0 aliphatic rings. The third-order valence-corrected chi connectivity index (χ3v) is 3.62. The Labute approximate surface area is 134 Å². The van der Waals surface area contributed by atoms with E-state index in [4.69, 9.17) is 5.73 Å². The van der Waals surface area contributed by atoms with Gasteiger partial charge in [0, 0.05) is 17.3 Å². The first-order chi connectivity index (χ1) is 11.3. The quantitative estimate of drug-likeness (QED) is 0.730. The molecule has 0 fully saturated rings. The van der Waals surface area contributed by atoms with Crippen molar-refractivity contribution in [2.45, 2.75) is 0 Å². The predicted octanol–water partition coefficient (Wildman–Crippen LogP) is 3.74. The number of nitrogens with two attached hydrogens (primary N) is 1. The Kier molecular flexibility index (Phi) is 3.74. The van der Waals surface area contributed by atoms with Gasteiger partial charge in [0.25, 0.3) is 0 Å². The molecule has 0 aliphatic carbocycles. The Morgan fingerprint density at radius 1 is 0.826 bits per heavy atom. The summed E-state index contributed by atoms with van der Waals surface area (Å²) in [6.07, 6.45) is 1.66. The average molecular weight is 296 g/mol. The van der Waals surface area contributed by atoms with E-state index >= 15 is 0 Å². The number of nitrogens with zero attached hydrogens (tertiary/aromatic N) is 3. The Balaban J connectivity index is 2.37. The second kappa shape index (κ2) is 6.01. The zero-order chi connectivity index (χ0) is 16.2. The molecule has 0 amide bonds. The van der Waals surface area contributed by atoms with Crippen LogP contribution in [0.2, 0.25) is 0 Å². The summed E-state index contributed by atoms with van der Waals surface area (Å²) in [6.45, 7) is 0. The molecule has 23 heavy (non-hydrogen) atoms. The van der Waals surface area contributed by atoms with Crippen LogP contribution >= 0.6 is 0 Å². The van der Waals surface area contributed by atoms with Crippen LogP contribution < -0.4 is 5.73 Å². The molecule has 3 rings (SSSR count). The molecule has 0 saturated heterocycles. The lowest BCUT2D eigenvalue weighted by atomic mass is 9.91. The smallest absolute Gasteiger partial charge is 0.102 e. The molecule has 0 atom stereocenters. The van der Waals surface area contributed by atoms with Gasteiger partial charge in [0.05, 0.1) is 22.5 Å². The van der Waals surface area contributed by atoms with Crippen molar-refractivity contribution in [3.63, 3.8) is 0 Å². The molecule has 1 aromatic heterocycles. The Hall–Kier alpha value is -3.63. The minimum atomic E-state index is 0.192. The number of pyridine rings is 1. The van der Waals surface area contributed by atoms with Gasteiger partial charge in [-0.2, -0.15) is 10.5 Å². The molecule has 2 aromatic carbocycles. The molecule has 3 aromatic rings. The van der Waals surface area contributed by atoms with Crippen molar-refractivity contribution in [2.75, 3.05) is 5.73 Å². The van der Waals surface area contributed by atoms with E-state index in [0.29, 0.717) is 22.4 Å². The molecule has 0 spiro atoms. The van der Waals surface area contributed by atoms with E-state index in [0.717, 1.165) is 5.56 Å². The van der Waals surface area contributed by atoms with Crippen molar-refractivity contribution in [2.24, 2.45) is 0 Å². The van der Waals surface area contributed by atoms with Crippen molar-refractivity contribution in [1.82, 2.24) is 4.98 Å². The summed E-state index contributed by atoms with van der Waals surface area (Å²) < 4.78 is 0. The third-order valence-electron chi connectivity index (χ3n) is 3.62. The first-order valence-electron chi connectivity index (χ1n) is 6.99. The molecule has 0 saturated carbocycles. The highest BCUT2D eigenvalue weighted by Gasteiger charge is 2.18. The zero-order valence-corrected chi connectivity index (χ0v) is 12.2. The fourth-order valence-corrected chi connectivity index (χ4v) is 2.51. The Bertz CT molecular complexity index is 857. The summed E-state index contributed by atoms with van der Waals surface area (Å²) >= 11 is 0. The van der Waals surface area contributed by atoms with Gasteiger partial charge in [-0.3, -0.25) is 4.98 Å². The monoisotopic (exact) mass is 296 g/mol. The number of nitrogen functional groups attached to an aromatic ring is 1. The Morgan fingerprint density at radius 3 is 2.09 bits per heavy atom. The van der Waals surface area contributed by atoms with E-state index in [9.17, 15) is 10.5 Å². The average Bonchev–Trinajstić information content (AvgIpc) is 2.62. The lowest BCUT2D eigenvalue weighted by molar-refractivity contribution is 1.32. The molecule has 0 radical (unpaired) electrons. The van der Waals surface area contributed by atoms with Gasteiger partial charge >= 0.3 is 0 Å². The molecule has 108 valence electrons. The highest BCUT2D eigenvalue weighted by atomic mass is 14.7. The number of benzene rings is 2. The van der Waals surface area contributed by atoms with Crippen molar-refractivity contribution in [3.8, 4) is 34.5 Å². The van der Waals surface area contributed by atoms with Crippen molar-refractivity contribution in [3.05, 3.63) is 71.9 Å². The minimum absolute atomic E-state index is 0.192. The number of aromatic nitrogens is 1. The van der Waals surface area contributed by atoms with Gasteiger partial charge in [0.2, 0.25) is 0 Å². The lowest BCUT2D eigenvalue weighted by Gasteiger charge is -2.13. The van der Waals surface area contributed by atoms with Crippen LogP contribution in [0.1, 0.15) is 11.1 Å². The summed E-state index contributed by atoms with van der Waals surface area (Å²) in [5.41, 5.74) is 9.74. The number of anilines is 1. The van der Waals surface area contributed by atoms with Gasteiger partial charge in [-0.15, -0.1) is 0 Å². The van der Waals surface area contributed by atoms with E-state index < -0.39 is 0 Å². The van der Waals surface area contributed by atoms with Gasteiger partial charge < -0.3 is 5.73 Å². The molecular weight excluding hydrogens is 284 g/mol. The molecule has 0 aliphatic heterocycles. The fourth-order valence-electron chi connectivity index (χ4n) is 2.51. The first-order valence-corrected chi connectivity index (χ1v) is 6.99. The summed E-state index contributed by atoms with van der Waals surface area (Å²) in [5.74, 6) is 0. The van der Waals surface area contributed by atoms with Gasteiger partial charge in [-0.1, -0.05) is 36.4 Å². The number of hydrogen-bond donors (Lipinski definition) is 1. The van der Waals surface area contributed by atoms with Gasteiger partial charge in [0.15, 0.2) is 0 Å². The first kappa shape index (κ1) is 14.3. The van der Waals surface area contributed by atoms with Crippen LogP contribution in [0, 0.1) is 22.7 Å². The molecule has 0 bridgehead atoms. The summed E-state index contributed by atoms with van der Waals surface area (Å²) in [5, 5.41) is 19.0. The maximum absolute atomic E-state index is 9.49. The van der Waals surface area contributed by atoms with Crippen LogP contribution in [0.5, 0.6) is 0 Å². The SMILES string of the molecule is N#Cc1c(-c2ccccc2)cc(-c2ccccn2)c(C#N)c1N. The molecule has 2 N–H and O–H groups in total. The molecule has 4 heteroatoms. The fraction of sp³-hybridized carbons (Fsp3) is 0. The van der Waals surface area contributed by atoms with Crippen LogP contribution in [-0.2, 0) is 0 Å². The van der Waals surface area contributed by atoms with E-state index in [-0.39, 0.29) is 11.3 Å². The van der Waals surface area contributed by atoms with Gasteiger partial charge in [0.1, 0.15) is 12.1 Å². The van der Waals surface area contributed by atoms with Crippen LogP contribution in [0.4, 0.5) is 5.69 Å². The molecule has 4 nitrogen and oxygen atoms in total. The van der Waals surface area contributed by atoms with Crippen LogP contribution in [0.3, 0.4) is 0 Å². The number of rotatable bonds is 2. The zero-order valence-electron chi connectivity index (χ0n) is 12.2. The third kappa shape index (κ3) is 2.50. The van der Waals surface area contributed by atoms with Gasteiger partial charge in [-0.25, -0.2) is 0 Å². The van der Waals surface area contributed by atoms with Crippen molar-refractivity contribution >= 4 is 5.69 Å². The molecule has 0 unspecified atom stereocenters. The number of nitriles is 2. The topological polar surface area (TPSA) is 86.5 Å². The van der Waals surface area contributed by atoms with E-state index in [2.05, 4.69) is 17.1 Å². The van der Waals surface area contributed by atoms with E-state index in [1.54, 1.807) is 12.3 Å². The summed E-state index contributed by atoms with van der Waals surface area (Å²) in [4.78, 5) is 4.30. The second-order valence-corrected chi connectivity index (χ2v) is 4.94.